The number of aryl methyl sites for hydroxylation is 1. The highest BCUT2D eigenvalue weighted by atomic mass is 35.5. The van der Waals surface area contributed by atoms with Gasteiger partial charge in [0.05, 0.1) is 11.7 Å². The lowest BCUT2D eigenvalue weighted by atomic mass is 10.0. The zero-order valence-corrected chi connectivity index (χ0v) is 20.8. The van der Waals surface area contributed by atoms with Gasteiger partial charge in [-0.2, -0.15) is 0 Å². The standard InChI is InChI=1S/C27H25ClN4OS/c1-17-7-8-18(28)16-21(17)23-13-14-24(33-23)26-25(22-6-4-5-15-29-22)30-27(34)32(26)20-11-9-19(10-12-20)31(2)3/h4-16,25-26H,1-3H3,(H,30,34)/t25-,26-/m1/s1. The van der Waals surface area contributed by atoms with Crippen LogP contribution in [0.25, 0.3) is 11.3 Å². The summed E-state index contributed by atoms with van der Waals surface area (Å²) in [4.78, 5) is 8.80. The first-order chi connectivity index (χ1) is 16.4. The molecule has 1 aliphatic rings. The molecule has 0 radical (unpaired) electrons. The summed E-state index contributed by atoms with van der Waals surface area (Å²) in [6.45, 7) is 2.05. The first-order valence-corrected chi connectivity index (χ1v) is 11.9. The maximum absolute atomic E-state index is 6.47. The van der Waals surface area contributed by atoms with Crippen LogP contribution < -0.4 is 15.1 Å². The number of pyridine rings is 1. The van der Waals surface area contributed by atoms with Crippen molar-refractivity contribution in [3.05, 3.63) is 101 Å². The van der Waals surface area contributed by atoms with Gasteiger partial charge in [-0.15, -0.1) is 0 Å². The van der Waals surface area contributed by atoms with E-state index in [1.165, 1.54) is 0 Å². The molecular formula is C27H25ClN4OS. The Hall–Kier alpha value is -3.35. The van der Waals surface area contributed by atoms with Crippen molar-refractivity contribution in [3.8, 4) is 11.3 Å². The van der Waals surface area contributed by atoms with Crippen LogP contribution in [0.15, 0.2) is 83.4 Å². The van der Waals surface area contributed by atoms with Crippen molar-refractivity contribution >= 4 is 40.3 Å². The quantitative estimate of drug-likeness (QED) is 0.321. The Bertz CT molecular complexity index is 1320. The van der Waals surface area contributed by atoms with Gasteiger partial charge in [-0.05, 0) is 85.4 Å². The second kappa shape index (κ2) is 9.12. The third-order valence-electron chi connectivity index (χ3n) is 6.13. The lowest BCUT2D eigenvalue weighted by molar-refractivity contribution is 0.439. The van der Waals surface area contributed by atoms with Crippen LogP contribution in [-0.2, 0) is 0 Å². The molecule has 4 aromatic rings. The molecule has 7 heteroatoms. The Balaban J connectivity index is 1.59. The Morgan fingerprint density at radius 1 is 1.03 bits per heavy atom. The number of nitrogens with zero attached hydrogens (tertiary/aromatic N) is 3. The zero-order valence-electron chi connectivity index (χ0n) is 19.2. The molecule has 1 saturated heterocycles. The highest BCUT2D eigenvalue weighted by molar-refractivity contribution is 7.80. The van der Waals surface area contributed by atoms with Gasteiger partial charge < -0.3 is 19.5 Å². The molecule has 5 rings (SSSR count). The number of anilines is 2. The van der Waals surface area contributed by atoms with Crippen LogP contribution in [0.4, 0.5) is 11.4 Å². The molecule has 2 aromatic carbocycles. The van der Waals surface area contributed by atoms with Gasteiger partial charge in [-0.25, -0.2) is 0 Å². The SMILES string of the molecule is Cc1ccc(Cl)cc1-c1ccc([C@@H]2[C@@H](c3ccccn3)NC(=S)N2c2ccc(N(C)C)cc2)o1. The van der Waals surface area contributed by atoms with E-state index in [9.17, 15) is 0 Å². The lowest BCUT2D eigenvalue weighted by Crippen LogP contribution is -2.29. The van der Waals surface area contributed by atoms with Gasteiger partial charge in [0, 0.05) is 42.3 Å². The van der Waals surface area contributed by atoms with Crippen molar-refractivity contribution in [2.45, 2.75) is 19.0 Å². The summed E-state index contributed by atoms with van der Waals surface area (Å²) >= 11 is 12.1. The van der Waals surface area contributed by atoms with Crippen molar-refractivity contribution < 1.29 is 4.42 Å². The van der Waals surface area contributed by atoms with E-state index in [0.717, 1.165) is 39.7 Å². The molecule has 1 fully saturated rings. The lowest BCUT2D eigenvalue weighted by Gasteiger charge is -2.26. The summed E-state index contributed by atoms with van der Waals surface area (Å²) in [6, 6.07) is 23.7. The summed E-state index contributed by atoms with van der Waals surface area (Å²) in [6.07, 6.45) is 1.80. The number of nitrogens with one attached hydrogen (secondary N) is 1. The minimum absolute atomic E-state index is 0.165. The van der Waals surface area contributed by atoms with E-state index in [1.807, 2.05) is 62.6 Å². The average molecular weight is 489 g/mol. The summed E-state index contributed by atoms with van der Waals surface area (Å²) in [7, 11) is 4.05. The average Bonchev–Trinajstić information content (AvgIpc) is 3.46. The fourth-order valence-electron chi connectivity index (χ4n) is 4.35. The Kier molecular flexibility index (Phi) is 6.02. The molecule has 3 heterocycles. The summed E-state index contributed by atoms with van der Waals surface area (Å²) in [5.41, 5.74) is 5.09. The second-order valence-corrected chi connectivity index (χ2v) is 9.39. The first-order valence-electron chi connectivity index (χ1n) is 11.1. The number of furan rings is 1. The van der Waals surface area contributed by atoms with Crippen LogP contribution in [0.5, 0.6) is 0 Å². The van der Waals surface area contributed by atoms with Crippen molar-refractivity contribution in [1.29, 1.82) is 0 Å². The molecule has 34 heavy (non-hydrogen) atoms. The number of thiocarbonyl (C=S) groups is 1. The van der Waals surface area contributed by atoms with Crippen LogP contribution in [0, 0.1) is 6.92 Å². The normalized spacial score (nSPS) is 17.6. The van der Waals surface area contributed by atoms with Crippen LogP contribution in [0.1, 0.15) is 29.1 Å². The van der Waals surface area contributed by atoms with Gasteiger partial charge in [0.15, 0.2) is 5.11 Å². The molecule has 0 bridgehead atoms. The largest absolute Gasteiger partial charge is 0.459 e. The van der Waals surface area contributed by atoms with E-state index < -0.39 is 0 Å². The molecule has 2 atom stereocenters. The third-order valence-corrected chi connectivity index (χ3v) is 6.68. The van der Waals surface area contributed by atoms with Crippen LogP contribution in [0.2, 0.25) is 5.02 Å². The molecule has 2 aromatic heterocycles. The predicted octanol–water partition coefficient (Wildman–Crippen LogP) is 6.55. The molecule has 0 spiro atoms. The minimum Gasteiger partial charge on any atom is -0.459 e. The molecular weight excluding hydrogens is 464 g/mol. The number of rotatable bonds is 5. The van der Waals surface area contributed by atoms with Crippen LogP contribution >= 0.6 is 23.8 Å². The highest BCUT2D eigenvalue weighted by Crippen LogP contribution is 2.43. The molecule has 1 N–H and O–H groups in total. The predicted molar refractivity (Wildman–Crippen MR) is 143 cm³/mol. The Morgan fingerprint density at radius 3 is 2.53 bits per heavy atom. The number of hydrogen-bond acceptors (Lipinski definition) is 4. The van der Waals surface area contributed by atoms with E-state index in [-0.39, 0.29) is 12.1 Å². The molecule has 0 saturated carbocycles. The fraction of sp³-hybridized carbons (Fsp3) is 0.185. The van der Waals surface area contributed by atoms with Crippen molar-refractivity contribution in [3.63, 3.8) is 0 Å². The molecule has 0 aliphatic carbocycles. The summed E-state index contributed by atoms with van der Waals surface area (Å²) < 4.78 is 6.47. The highest BCUT2D eigenvalue weighted by Gasteiger charge is 2.42. The van der Waals surface area contributed by atoms with Crippen LogP contribution in [0.3, 0.4) is 0 Å². The maximum atomic E-state index is 6.47. The maximum Gasteiger partial charge on any atom is 0.174 e. The summed E-state index contributed by atoms with van der Waals surface area (Å²) in [5.74, 6) is 1.57. The van der Waals surface area contributed by atoms with E-state index >= 15 is 0 Å². The number of aromatic nitrogens is 1. The Morgan fingerprint density at radius 2 is 1.82 bits per heavy atom. The number of hydrogen-bond donors (Lipinski definition) is 1. The topological polar surface area (TPSA) is 44.5 Å². The second-order valence-electron chi connectivity index (χ2n) is 8.57. The molecule has 5 nitrogen and oxygen atoms in total. The van der Waals surface area contributed by atoms with E-state index in [1.54, 1.807) is 6.20 Å². The minimum atomic E-state index is -0.208. The van der Waals surface area contributed by atoms with Crippen molar-refractivity contribution in [2.75, 3.05) is 23.9 Å². The van der Waals surface area contributed by atoms with Crippen molar-refractivity contribution in [2.24, 2.45) is 0 Å². The van der Waals surface area contributed by atoms with E-state index in [0.29, 0.717) is 10.1 Å². The van der Waals surface area contributed by atoms with Crippen molar-refractivity contribution in [1.82, 2.24) is 10.3 Å². The van der Waals surface area contributed by atoms with Gasteiger partial charge in [0.2, 0.25) is 0 Å². The zero-order chi connectivity index (χ0) is 23.8. The number of benzene rings is 2. The van der Waals surface area contributed by atoms with Gasteiger partial charge in [0.1, 0.15) is 17.6 Å². The first kappa shape index (κ1) is 22.4. The molecule has 172 valence electrons. The Labute approximate surface area is 210 Å². The summed E-state index contributed by atoms with van der Waals surface area (Å²) in [5, 5.41) is 4.79. The van der Waals surface area contributed by atoms with E-state index in [2.05, 4.69) is 51.3 Å². The molecule has 0 amide bonds. The van der Waals surface area contributed by atoms with Gasteiger partial charge in [-0.3, -0.25) is 4.98 Å². The van der Waals surface area contributed by atoms with Crippen LogP contribution in [-0.4, -0.2) is 24.2 Å². The molecule has 1 aliphatic heterocycles. The smallest absolute Gasteiger partial charge is 0.174 e. The fourth-order valence-corrected chi connectivity index (χ4v) is 4.87. The third kappa shape index (κ3) is 4.15. The van der Waals surface area contributed by atoms with E-state index in [4.69, 9.17) is 28.2 Å². The molecule has 0 unspecified atom stereocenters. The monoisotopic (exact) mass is 488 g/mol. The van der Waals surface area contributed by atoms with Gasteiger partial charge in [-0.1, -0.05) is 23.7 Å². The van der Waals surface area contributed by atoms with Gasteiger partial charge >= 0.3 is 0 Å². The number of halogens is 1. The van der Waals surface area contributed by atoms with Gasteiger partial charge in [0.25, 0.3) is 0 Å².